The molecule has 0 aliphatic heterocycles. The number of rotatable bonds is 11. The summed E-state index contributed by atoms with van der Waals surface area (Å²) < 4.78 is 15.5. The van der Waals surface area contributed by atoms with Crippen LogP contribution in [0, 0.1) is 0 Å². The Labute approximate surface area is 245 Å². The maximum Gasteiger partial charge on any atom is 0.414 e. The van der Waals surface area contributed by atoms with E-state index in [9.17, 15) is 24.6 Å². The van der Waals surface area contributed by atoms with Crippen LogP contribution in [0.1, 0.15) is 39.2 Å². The second-order valence-corrected chi connectivity index (χ2v) is 9.96. The van der Waals surface area contributed by atoms with Gasteiger partial charge in [-0.2, -0.15) is 0 Å². The van der Waals surface area contributed by atoms with E-state index >= 15 is 0 Å². The van der Waals surface area contributed by atoms with Gasteiger partial charge in [-0.25, -0.2) is 14.4 Å². The van der Waals surface area contributed by atoms with Gasteiger partial charge in [-0.15, -0.1) is 23.5 Å². The van der Waals surface area contributed by atoms with Crippen LogP contribution >= 0.6 is 23.5 Å². The fraction of sp³-hybridized carbons (Fsp3) is 0.207. The number of carbonyl (C=O) groups excluding carboxylic acids is 1. The van der Waals surface area contributed by atoms with Crippen LogP contribution in [-0.2, 0) is 17.8 Å². The van der Waals surface area contributed by atoms with Crippen molar-refractivity contribution in [2.45, 2.75) is 29.8 Å². The minimum atomic E-state index is -1.11. The summed E-state index contributed by atoms with van der Waals surface area (Å²) in [6.45, 7) is 2.44. The summed E-state index contributed by atoms with van der Waals surface area (Å²) >= 11 is 2.94. The Balaban J connectivity index is 0.000000232. The number of hydrogen-bond donors (Lipinski definition) is 3. The molecule has 0 atom stereocenters. The minimum Gasteiger partial charge on any atom is -0.478 e. The summed E-state index contributed by atoms with van der Waals surface area (Å²) in [5.74, 6) is -0.749. The fourth-order valence-corrected chi connectivity index (χ4v) is 4.51. The average molecular weight is 599 g/mol. The normalized spacial score (nSPS) is 10.3. The van der Waals surface area contributed by atoms with Crippen molar-refractivity contribution >= 4 is 52.9 Å². The number of nitrogens with zero attached hydrogens (tertiary/aromatic N) is 1. The molecular weight excluding hydrogens is 568 g/mol. The standard InChI is InChI=1S/C16H17NO5S.C13H13NO3S/c1-3-21-16(20)17(10-11-5-4-8-22-11)14-7-6-12(23-2)9-13(14)15(18)19;1-18-10-4-5-12(11(7-10)13(15)16)14-8-9-3-2-6-17-9/h4-9H,3,10H2,1-2H3,(H,18,19);2-7,14H,8H2,1H3,(H,15,16). The Bertz CT molecular complexity index is 1440. The lowest BCUT2D eigenvalue weighted by atomic mass is 10.1. The van der Waals surface area contributed by atoms with Gasteiger partial charge in [0.25, 0.3) is 0 Å². The van der Waals surface area contributed by atoms with Crippen molar-refractivity contribution in [3.05, 3.63) is 95.8 Å². The van der Waals surface area contributed by atoms with Crippen molar-refractivity contribution in [1.29, 1.82) is 0 Å². The van der Waals surface area contributed by atoms with Crippen molar-refractivity contribution < 1.29 is 38.2 Å². The van der Waals surface area contributed by atoms with Crippen molar-refractivity contribution in [1.82, 2.24) is 0 Å². The first kappa shape index (κ1) is 31.2. The number of carboxylic acid groups (broad SMARTS) is 2. The lowest BCUT2D eigenvalue weighted by Gasteiger charge is -2.23. The van der Waals surface area contributed by atoms with E-state index in [1.807, 2.05) is 24.6 Å². The topological polar surface area (TPSA) is 142 Å². The average Bonchev–Trinajstić information content (AvgIpc) is 3.69. The van der Waals surface area contributed by atoms with E-state index in [-0.39, 0.29) is 30.0 Å². The van der Waals surface area contributed by atoms with Gasteiger partial charge in [0.05, 0.1) is 49.0 Å². The van der Waals surface area contributed by atoms with Crippen LogP contribution in [0.5, 0.6) is 0 Å². The molecule has 4 rings (SSSR count). The Morgan fingerprint density at radius 3 is 1.98 bits per heavy atom. The number of nitrogens with one attached hydrogen (secondary N) is 1. The Kier molecular flexibility index (Phi) is 11.8. The Morgan fingerprint density at radius 1 is 0.854 bits per heavy atom. The highest BCUT2D eigenvalue weighted by atomic mass is 32.2. The second kappa shape index (κ2) is 15.5. The molecule has 0 spiro atoms. The smallest absolute Gasteiger partial charge is 0.414 e. The van der Waals surface area contributed by atoms with Gasteiger partial charge in [0, 0.05) is 15.5 Å². The summed E-state index contributed by atoms with van der Waals surface area (Å²) in [4.78, 5) is 38.0. The van der Waals surface area contributed by atoms with Gasteiger partial charge in [-0.05, 0) is 80.1 Å². The zero-order chi connectivity index (χ0) is 29.8. The van der Waals surface area contributed by atoms with E-state index in [0.29, 0.717) is 18.0 Å². The molecule has 0 aliphatic rings. The van der Waals surface area contributed by atoms with E-state index < -0.39 is 18.0 Å². The molecule has 0 radical (unpaired) electrons. The highest BCUT2D eigenvalue weighted by Crippen LogP contribution is 2.28. The van der Waals surface area contributed by atoms with Crippen LogP contribution < -0.4 is 10.2 Å². The van der Waals surface area contributed by atoms with Gasteiger partial charge in [0.15, 0.2) is 0 Å². The molecule has 0 saturated heterocycles. The SMILES string of the molecule is CCOC(=O)N(Cc1ccco1)c1ccc(SC)cc1C(=O)O.CSc1ccc(NCc2ccco2)c(C(=O)O)c1. The fourth-order valence-electron chi connectivity index (χ4n) is 3.63. The van der Waals surface area contributed by atoms with Gasteiger partial charge in [0.2, 0.25) is 0 Å². The third kappa shape index (κ3) is 8.85. The molecule has 2 aromatic carbocycles. The van der Waals surface area contributed by atoms with E-state index in [1.165, 1.54) is 40.8 Å². The van der Waals surface area contributed by atoms with Crippen molar-refractivity contribution in [3.63, 3.8) is 0 Å². The molecule has 3 N–H and O–H groups in total. The zero-order valence-corrected chi connectivity index (χ0v) is 24.3. The van der Waals surface area contributed by atoms with E-state index in [4.69, 9.17) is 13.6 Å². The number of anilines is 2. The van der Waals surface area contributed by atoms with Crippen LogP contribution in [0.25, 0.3) is 0 Å². The molecule has 41 heavy (non-hydrogen) atoms. The highest BCUT2D eigenvalue weighted by molar-refractivity contribution is 7.98. The predicted octanol–water partition coefficient (Wildman–Crippen LogP) is 7.17. The van der Waals surface area contributed by atoms with Crippen LogP contribution in [-0.4, -0.2) is 47.4 Å². The third-order valence-corrected chi connectivity index (χ3v) is 7.05. The number of carboxylic acids is 2. The molecule has 0 aliphatic carbocycles. The molecule has 10 nitrogen and oxygen atoms in total. The van der Waals surface area contributed by atoms with Crippen LogP contribution in [0.2, 0.25) is 0 Å². The predicted molar refractivity (Wildman–Crippen MR) is 158 cm³/mol. The Hall–Kier alpha value is -4.29. The van der Waals surface area contributed by atoms with E-state index in [2.05, 4.69) is 5.32 Å². The monoisotopic (exact) mass is 598 g/mol. The van der Waals surface area contributed by atoms with E-state index in [0.717, 1.165) is 15.6 Å². The first-order valence-corrected chi connectivity index (χ1v) is 14.8. The first-order valence-electron chi connectivity index (χ1n) is 12.3. The molecule has 2 aromatic heterocycles. The molecule has 0 saturated carbocycles. The number of hydrogen-bond acceptors (Lipinski definition) is 9. The Morgan fingerprint density at radius 2 is 1.44 bits per heavy atom. The molecule has 0 unspecified atom stereocenters. The van der Waals surface area contributed by atoms with Crippen LogP contribution in [0.3, 0.4) is 0 Å². The van der Waals surface area contributed by atoms with Crippen molar-refractivity contribution in [3.8, 4) is 0 Å². The summed E-state index contributed by atoms with van der Waals surface area (Å²) in [5.41, 5.74) is 1.17. The van der Waals surface area contributed by atoms with Crippen LogP contribution in [0.15, 0.2) is 91.8 Å². The molecule has 216 valence electrons. The second-order valence-electron chi connectivity index (χ2n) is 8.20. The third-order valence-electron chi connectivity index (χ3n) is 5.60. The summed E-state index contributed by atoms with van der Waals surface area (Å²) in [6, 6.07) is 17.3. The summed E-state index contributed by atoms with van der Waals surface area (Å²) in [5, 5.41) is 21.7. The molecule has 0 fully saturated rings. The number of aromatic carboxylic acids is 2. The lowest BCUT2D eigenvalue weighted by molar-refractivity contribution is 0.0686. The van der Waals surface area contributed by atoms with Gasteiger partial charge in [0.1, 0.15) is 11.5 Å². The minimum absolute atomic E-state index is 0.0384. The molecule has 12 heteroatoms. The maximum atomic E-state index is 12.3. The number of amides is 1. The number of ether oxygens (including phenoxy) is 1. The zero-order valence-electron chi connectivity index (χ0n) is 22.7. The van der Waals surface area contributed by atoms with Crippen molar-refractivity contribution in [2.75, 3.05) is 29.3 Å². The van der Waals surface area contributed by atoms with E-state index in [1.54, 1.807) is 55.7 Å². The van der Waals surface area contributed by atoms with Crippen LogP contribution in [0.4, 0.5) is 16.2 Å². The molecule has 1 amide bonds. The van der Waals surface area contributed by atoms with Crippen molar-refractivity contribution in [2.24, 2.45) is 0 Å². The molecule has 4 aromatic rings. The lowest BCUT2D eigenvalue weighted by Crippen LogP contribution is -2.32. The quantitative estimate of drug-likeness (QED) is 0.151. The summed E-state index contributed by atoms with van der Waals surface area (Å²) in [6.07, 6.45) is 6.23. The number of thioether (sulfide) groups is 2. The van der Waals surface area contributed by atoms with Gasteiger partial charge in [-0.3, -0.25) is 4.90 Å². The molecule has 0 bridgehead atoms. The number of furan rings is 2. The summed E-state index contributed by atoms with van der Waals surface area (Å²) in [7, 11) is 0. The first-order chi connectivity index (χ1) is 19.8. The highest BCUT2D eigenvalue weighted by Gasteiger charge is 2.24. The number of benzene rings is 2. The van der Waals surface area contributed by atoms with Gasteiger partial charge in [-0.1, -0.05) is 0 Å². The number of carbonyl (C=O) groups is 3. The maximum absolute atomic E-state index is 12.3. The molecule has 2 heterocycles. The molecular formula is C29H30N2O8S2. The van der Waals surface area contributed by atoms with Gasteiger partial charge >= 0.3 is 18.0 Å². The largest absolute Gasteiger partial charge is 0.478 e. The van der Waals surface area contributed by atoms with Gasteiger partial charge < -0.3 is 29.1 Å².